The number of ketones is 1. The first-order chi connectivity index (χ1) is 24.3. The van der Waals surface area contributed by atoms with E-state index in [4.69, 9.17) is 26.6 Å². The summed E-state index contributed by atoms with van der Waals surface area (Å²) in [6.45, 7) is 58.4. The van der Waals surface area contributed by atoms with Crippen LogP contribution in [0.5, 0.6) is 0 Å². The summed E-state index contributed by atoms with van der Waals surface area (Å²) in [5.74, 6) is 0.239. The number of rotatable bonds is 12. The van der Waals surface area contributed by atoms with Crippen molar-refractivity contribution in [2.75, 3.05) is 0 Å². The molecule has 339 valence electrons. The number of carbonyl (C=O) groups excluding carboxylic acids is 1. The zero-order valence-corrected chi connectivity index (χ0v) is 51.3. The fraction of sp³-hybridized carbons (Fsp3) is 0.976. The molecular weight excluding hydrogens is 835 g/mol. The molecule has 0 aromatic heterocycles. The average Bonchev–Trinajstić information content (AvgIpc) is 2.88. The Hall–Kier alpha value is 1.76. The Morgan fingerprint density at radius 3 is 0.862 bits per heavy atom. The molecule has 0 amide bonds. The van der Waals surface area contributed by atoms with Crippen LogP contribution in [0.2, 0.25) is 112 Å². The standard InChI is InChI=1S/C21H48O4Si3.C21H46O4Si3.B.Na.H/c2*1-20(2,3)27(10,11)23-17-14-16(22)15-18(19(17)25-26(7,8)9)24-28(12,13)21(4,5)6;;;/h16-19,22H,14-15H2,1-13H3;17-19H,14-15H2,1-13H3;;;/q;;;+1;-1/t16?,17-,18-,19?;17-,18-;;;/m11.../s1. The summed E-state index contributed by atoms with van der Waals surface area (Å²) in [7, 11) is -11.7. The Morgan fingerprint density at radius 2 is 0.655 bits per heavy atom. The third-order valence-corrected chi connectivity index (χ3v) is 33.3. The molecule has 8 nitrogen and oxygen atoms in total. The molecule has 4 atom stereocenters. The molecule has 2 aliphatic carbocycles. The van der Waals surface area contributed by atoms with E-state index in [1.807, 2.05) is 0 Å². The van der Waals surface area contributed by atoms with Crippen LogP contribution in [0.1, 0.15) is 110 Å². The zero-order valence-electron chi connectivity index (χ0n) is 44.3. The normalized spacial score (nSPS) is 25.3. The second-order valence-corrected chi connectivity index (χ2v) is 53.1. The maximum absolute atomic E-state index is 12.7. The van der Waals surface area contributed by atoms with Gasteiger partial charge in [0.15, 0.2) is 49.9 Å². The molecule has 1 N–H and O–H groups in total. The van der Waals surface area contributed by atoms with Gasteiger partial charge in [-0.1, -0.05) is 83.1 Å². The van der Waals surface area contributed by atoms with E-state index in [0.717, 1.165) is 0 Å². The molecule has 0 aromatic rings. The van der Waals surface area contributed by atoms with Crippen molar-refractivity contribution in [1.29, 1.82) is 0 Å². The number of aliphatic hydroxyl groups excluding tert-OH is 1. The van der Waals surface area contributed by atoms with Crippen molar-refractivity contribution in [3.05, 3.63) is 0 Å². The van der Waals surface area contributed by atoms with Crippen molar-refractivity contribution in [3.63, 3.8) is 0 Å². The Bertz CT molecular complexity index is 1210. The second kappa shape index (κ2) is 21.4. The average molecular weight is 931 g/mol. The van der Waals surface area contributed by atoms with Crippen molar-refractivity contribution in [3.8, 4) is 0 Å². The first-order valence-electron chi connectivity index (χ1n) is 21.6. The molecule has 0 aromatic carbocycles. The summed E-state index contributed by atoms with van der Waals surface area (Å²) in [5, 5.41) is 11.1. The van der Waals surface area contributed by atoms with Gasteiger partial charge in [0.05, 0.1) is 42.7 Å². The van der Waals surface area contributed by atoms with Crippen LogP contribution in [0.15, 0.2) is 0 Å². The van der Waals surface area contributed by atoms with Gasteiger partial charge in [0.2, 0.25) is 0 Å². The summed E-state index contributed by atoms with van der Waals surface area (Å²) in [6.07, 6.45) is 0.886. The van der Waals surface area contributed by atoms with E-state index in [9.17, 15) is 9.90 Å². The summed E-state index contributed by atoms with van der Waals surface area (Å²) in [5.41, 5.74) is 0. The maximum Gasteiger partial charge on any atom is 1.00 e. The third-order valence-electron chi connectivity index (χ3n) is 13.3. The van der Waals surface area contributed by atoms with Crippen LogP contribution in [0.25, 0.3) is 0 Å². The first kappa shape index (κ1) is 61.8. The quantitative estimate of drug-likeness (QED) is 0.194. The number of carbonyl (C=O) groups is 1. The smallest absolute Gasteiger partial charge is 1.00 e. The van der Waals surface area contributed by atoms with Crippen LogP contribution < -0.4 is 29.6 Å². The van der Waals surface area contributed by atoms with Gasteiger partial charge in [-0.05, 0) is 112 Å². The fourth-order valence-corrected chi connectivity index (χ4v) is 13.5. The second-order valence-electron chi connectivity index (χ2n) is 25.1. The monoisotopic (exact) mass is 930 g/mol. The van der Waals surface area contributed by atoms with Crippen molar-refractivity contribution < 1.29 is 67.4 Å². The Balaban J connectivity index is -0.00000101. The van der Waals surface area contributed by atoms with Crippen LogP contribution in [-0.2, 0) is 31.4 Å². The topological polar surface area (TPSA) is 92.7 Å². The van der Waals surface area contributed by atoms with Crippen LogP contribution >= 0.6 is 0 Å². The molecule has 0 bridgehead atoms. The minimum atomic E-state index is -2.02. The van der Waals surface area contributed by atoms with E-state index in [0.29, 0.717) is 25.7 Å². The number of aliphatic hydroxyl groups is 1. The van der Waals surface area contributed by atoms with Gasteiger partial charge in [-0.15, -0.1) is 0 Å². The summed E-state index contributed by atoms with van der Waals surface area (Å²) >= 11 is 0. The summed E-state index contributed by atoms with van der Waals surface area (Å²) in [4.78, 5) is 12.7. The third kappa shape index (κ3) is 18.7. The van der Waals surface area contributed by atoms with Crippen LogP contribution in [0.3, 0.4) is 0 Å². The van der Waals surface area contributed by atoms with Crippen LogP contribution in [0, 0.1) is 0 Å². The summed E-state index contributed by atoms with van der Waals surface area (Å²) < 4.78 is 40.5. The van der Waals surface area contributed by atoms with Crippen molar-refractivity contribution in [2.45, 2.75) is 263 Å². The number of Topliss-reactive ketones (excluding diaryl/α,β-unsaturated/α-hetero) is 1. The number of hydrogen-bond donors (Lipinski definition) is 1. The fourth-order valence-electron chi connectivity index (χ4n) is 5.93. The van der Waals surface area contributed by atoms with Crippen molar-refractivity contribution >= 4 is 64.1 Å². The van der Waals surface area contributed by atoms with Crippen molar-refractivity contribution in [2.24, 2.45) is 0 Å². The van der Waals surface area contributed by atoms with E-state index in [2.05, 4.69) is 175 Å². The van der Waals surface area contributed by atoms with E-state index in [-0.39, 0.29) is 102 Å². The molecular formula is C42H95BNaO8Si6. The molecule has 3 radical (unpaired) electrons. The minimum absolute atomic E-state index is 0. The zero-order chi connectivity index (χ0) is 44.7. The Morgan fingerprint density at radius 1 is 0.448 bits per heavy atom. The largest absolute Gasteiger partial charge is 1.00 e. The van der Waals surface area contributed by atoms with Gasteiger partial charge in [0, 0.05) is 34.1 Å². The van der Waals surface area contributed by atoms with Crippen molar-refractivity contribution in [1.82, 2.24) is 0 Å². The molecule has 0 saturated heterocycles. The van der Waals surface area contributed by atoms with Gasteiger partial charge in [-0.25, -0.2) is 0 Å². The SMILES string of the molecule is CC(C)(C)[Si](C)(C)O[C@@H]1CC(=O)C[C@@H](O[Si](C)(C)C(C)(C)C)C1O[Si](C)(C)C.CC(C)(C)[Si](C)(C)O[C@@H]1CC(O)C[C@@H](O[Si](C)(C)C(C)(C)C)C1O[Si](C)(C)C.[B].[H-].[Na+]. The molecule has 2 saturated carbocycles. The molecule has 0 aliphatic heterocycles. The molecule has 16 heteroatoms. The molecule has 2 aliphatic rings. The van der Waals surface area contributed by atoms with Crippen LogP contribution in [0.4, 0.5) is 0 Å². The van der Waals surface area contributed by atoms with Gasteiger partial charge in [-0.2, -0.15) is 0 Å². The van der Waals surface area contributed by atoms with Gasteiger partial charge in [-0.3, -0.25) is 4.79 Å². The first-order valence-corrected chi connectivity index (χ1v) is 40.0. The van der Waals surface area contributed by atoms with E-state index in [1.165, 1.54) is 0 Å². The minimum Gasteiger partial charge on any atom is -1.00 e. The predicted molar refractivity (Wildman–Crippen MR) is 261 cm³/mol. The van der Waals surface area contributed by atoms with Gasteiger partial charge >= 0.3 is 29.6 Å². The molecule has 0 unspecified atom stereocenters. The van der Waals surface area contributed by atoms with E-state index >= 15 is 0 Å². The molecule has 0 spiro atoms. The molecule has 58 heavy (non-hydrogen) atoms. The van der Waals surface area contributed by atoms with Gasteiger partial charge in [0.25, 0.3) is 0 Å². The van der Waals surface area contributed by atoms with Gasteiger partial charge in [0.1, 0.15) is 5.78 Å². The molecule has 2 rings (SSSR count). The Labute approximate surface area is 392 Å². The van der Waals surface area contributed by atoms with Crippen LogP contribution in [-0.4, -0.2) is 112 Å². The molecule has 0 heterocycles. The Kier molecular flexibility index (Phi) is 22.8. The van der Waals surface area contributed by atoms with E-state index < -0.39 is 56.0 Å². The predicted octanol–water partition coefficient (Wildman–Crippen LogP) is 9.23. The molecule has 2 fully saturated rings. The van der Waals surface area contributed by atoms with Gasteiger partial charge < -0.3 is 33.1 Å². The van der Waals surface area contributed by atoms with E-state index in [1.54, 1.807) is 0 Å². The number of hydrogen-bond acceptors (Lipinski definition) is 8. The summed E-state index contributed by atoms with van der Waals surface area (Å²) in [6, 6.07) is 0. The maximum atomic E-state index is 12.7.